The summed E-state index contributed by atoms with van der Waals surface area (Å²) in [6.07, 6.45) is 0.542. The number of methoxy groups -OCH3 is 1. The summed E-state index contributed by atoms with van der Waals surface area (Å²) in [4.78, 5) is 12.0. The average molecular weight is 272 g/mol. The number of carbonyl (C=O) groups is 1. The van der Waals surface area contributed by atoms with Crippen LogP contribution < -0.4 is 0 Å². The van der Waals surface area contributed by atoms with Gasteiger partial charge in [0.2, 0.25) is 0 Å². The molecule has 0 radical (unpaired) electrons. The minimum absolute atomic E-state index is 0.307. The monoisotopic (exact) mass is 272 g/mol. The first-order valence-corrected chi connectivity index (χ1v) is 6.49. The van der Waals surface area contributed by atoms with E-state index in [2.05, 4.69) is 0 Å². The lowest BCUT2D eigenvalue weighted by atomic mass is 9.91. The first kappa shape index (κ1) is 14.3. The Bertz CT molecular complexity index is 590. The lowest BCUT2D eigenvalue weighted by Gasteiger charge is -2.15. The third kappa shape index (κ3) is 3.44. The number of benzene rings is 2. The lowest BCUT2D eigenvalue weighted by molar-refractivity contribution is -0.142. The van der Waals surface area contributed by atoms with E-state index in [4.69, 9.17) is 4.74 Å². The van der Waals surface area contributed by atoms with E-state index < -0.39 is 5.92 Å². The van der Waals surface area contributed by atoms with E-state index in [1.807, 2.05) is 31.2 Å². The van der Waals surface area contributed by atoms with Crippen LogP contribution in [0.3, 0.4) is 0 Å². The second kappa shape index (κ2) is 6.33. The molecule has 3 heteroatoms. The van der Waals surface area contributed by atoms with Crippen molar-refractivity contribution < 1.29 is 13.9 Å². The number of aryl methyl sites for hydroxylation is 1. The fourth-order valence-corrected chi connectivity index (χ4v) is 2.25. The molecule has 2 aromatic rings. The highest BCUT2D eigenvalue weighted by Crippen LogP contribution is 2.23. The standard InChI is InChI=1S/C17H17FO2/c1-12-4-3-5-13(10-12)11-16(17(19)20-2)14-6-8-15(18)9-7-14/h3-10,16H,11H2,1-2H3. The quantitative estimate of drug-likeness (QED) is 0.794. The number of carbonyl (C=O) groups excluding carboxylic acids is 1. The number of ether oxygens (including phenoxy) is 1. The third-order valence-electron chi connectivity index (χ3n) is 3.28. The van der Waals surface area contributed by atoms with Crippen molar-refractivity contribution in [1.29, 1.82) is 0 Å². The number of halogens is 1. The molecule has 1 atom stereocenters. The Morgan fingerprint density at radius 3 is 2.50 bits per heavy atom. The minimum atomic E-state index is -0.414. The Kier molecular flexibility index (Phi) is 4.51. The molecule has 0 aromatic heterocycles. The van der Waals surface area contributed by atoms with E-state index in [1.165, 1.54) is 19.2 Å². The Hall–Kier alpha value is -2.16. The molecule has 0 amide bonds. The fraction of sp³-hybridized carbons (Fsp3) is 0.235. The molecule has 0 aliphatic rings. The van der Waals surface area contributed by atoms with Gasteiger partial charge in [-0.1, -0.05) is 42.0 Å². The summed E-state index contributed by atoms with van der Waals surface area (Å²) < 4.78 is 17.9. The molecule has 0 saturated carbocycles. The van der Waals surface area contributed by atoms with Crippen molar-refractivity contribution in [2.24, 2.45) is 0 Å². The predicted molar refractivity (Wildman–Crippen MR) is 76.0 cm³/mol. The van der Waals surface area contributed by atoms with Crippen LogP contribution in [0.4, 0.5) is 4.39 Å². The van der Waals surface area contributed by atoms with E-state index in [0.29, 0.717) is 6.42 Å². The molecule has 0 heterocycles. The Morgan fingerprint density at radius 1 is 1.20 bits per heavy atom. The van der Waals surface area contributed by atoms with E-state index in [1.54, 1.807) is 12.1 Å². The van der Waals surface area contributed by atoms with Gasteiger partial charge in [0.05, 0.1) is 13.0 Å². The van der Waals surface area contributed by atoms with Crippen molar-refractivity contribution in [3.63, 3.8) is 0 Å². The molecule has 0 bridgehead atoms. The molecule has 0 spiro atoms. The summed E-state index contributed by atoms with van der Waals surface area (Å²) in [5, 5.41) is 0. The minimum Gasteiger partial charge on any atom is -0.469 e. The lowest BCUT2D eigenvalue weighted by Crippen LogP contribution is -2.17. The van der Waals surface area contributed by atoms with Gasteiger partial charge in [-0.3, -0.25) is 4.79 Å². The molecule has 2 nitrogen and oxygen atoms in total. The topological polar surface area (TPSA) is 26.3 Å². The highest BCUT2D eigenvalue weighted by atomic mass is 19.1. The summed E-state index contributed by atoms with van der Waals surface area (Å²) in [5.41, 5.74) is 2.97. The van der Waals surface area contributed by atoms with E-state index in [0.717, 1.165) is 16.7 Å². The number of hydrogen-bond donors (Lipinski definition) is 0. The summed E-state index contributed by atoms with van der Waals surface area (Å²) in [6, 6.07) is 14.0. The van der Waals surface area contributed by atoms with Crippen LogP contribution in [0.25, 0.3) is 0 Å². The highest BCUT2D eigenvalue weighted by Gasteiger charge is 2.21. The van der Waals surface area contributed by atoms with Crippen LogP contribution in [0.5, 0.6) is 0 Å². The molecule has 0 aliphatic heterocycles. The predicted octanol–water partition coefficient (Wildman–Crippen LogP) is 3.63. The van der Waals surface area contributed by atoms with Crippen molar-refractivity contribution in [2.45, 2.75) is 19.3 Å². The molecule has 2 aromatic carbocycles. The van der Waals surface area contributed by atoms with Gasteiger partial charge in [0.25, 0.3) is 0 Å². The van der Waals surface area contributed by atoms with Crippen molar-refractivity contribution in [3.05, 3.63) is 71.0 Å². The molecule has 20 heavy (non-hydrogen) atoms. The van der Waals surface area contributed by atoms with Crippen LogP contribution in [-0.4, -0.2) is 13.1 Å². The van der Waals surface area contributed by atoms with Crippen molar-refractivity contribution in [1.82, 2.24) is 0 Å². The van der Waals surface area contributed by atoms with Gasteiger partial charge in [-0.2, -0.15) is 0 Å². The van der Waals surface area contributed by atoms with E-state index in [9.17, 15) is 9.18 Å². The van der Waals surface area contributed by atoms with E-state index >= 15 is 0 Å². The maximum Gasteiger partial charge on any atom is 0.313 e. The molecular weight excluding hydrogens is 255 g/mol. The van der Waals surface area contributed by atoms with Gasteiger partial charge < -0.3 is 4.74 Å². The summed E-state index contributed by atoms with van der Waals surface area (Å²) >= 11 is 0. The number of rotatable bonds is 4. The first-order chi connectivity index (χ1) is 9.60. The molecule has 1 unspecified atom stereocenters. The van der Waals surface area contributed by atoms with Gasteiger partial charge in [-0.15, -0.1) is 0 Å². The maximum absolute atomic E-state index is 13.0. The zero-order valence-corrected chi connectivity index (χ0v) is 11.6. The largest absolute Gasteiger partial charge is 0.469 e. The zero-order valence-electron chi connectivity index (χ0n) is 11.6. The Morgan fingerprint density at radius 2 is 1.90 bits per heavy atom. The maximum atomic E-state index is 13.0. The summed E-state index contributed by atoms with van der Waals surface area (Å²) in [7, 11) is 1.37. The smallest absolute Gasteiger partial charge is 0.313 e. The van der Waals surface area contributed by atoms with Crippen LogP contribution in [0.1, 0.15) is 22.6 Å². The molecule has 0 saturated heterocycles. The van der Waals surface area contributed by atoms with Gasteiger partial charge in [-0.25, -0.2) is 4.39 Å². The molecule has 104 valence electrons. The van der Waals surface area contributed by atoms with Crippen LogP contribution in [0.2, 0.25) is 0 Å². The molecule has 2 rings (SSSR count). The second-order valence-corrected chi connectivity index (χ2v) is 4.82. The van der Waals surface area contributed by atoms with Crippen molar-refractivity contribution in [2.75, 3.05) is 7.11 Å². The second-order valence-electron chi connectivity index (χ2n) is 4.82. The van der Waals surface area contributed by atoms with Crippen LogP contribution in [0.15, 0.2) is 48.5 Å². The van der Waals surface area contributed by atoms with Crippen molar-refractivity contribution in [3.8, 4) is 0 Å². The summed E-state index contributed by atoms with van der Waals surface area (Å²) in [5.74, 6) is -1.03. The summed E-state index contributed by atoms with van der Waals surface area (Å²) in [6.45, 7) is 2.01. The van der Waals surface area contributed by atoms with Crippen LogP contribution in [-0.2, 0) is 16.0 Å². The molecular formula is C17H17FO2. The number of hydrogen-bond acceptors (Lipinski definition) is 2. The van der Waals surface area contributed by atoms with Gasteiger partial charge >= 0.3 is 5.97 Å². The van der Waals surface area contributed by atoms with Gasteiger partial charge in [0.15, 0.2) is 0 Å². The zero-order chi connectivity index (χ0) is 14.5. The van der Waals surface area contributed by atoms with Gasteiger partial charge in [-0.05, 0) is 36.6 Å². The SMILES string of the molecule is COC(=O)C(Cc1cccc(C)c1)c1ccc(F)cc1. The van der Waals surface area contributed by atoms with E-state index in [-0.39, 0.29) is 11.8 Å². The normalized spacial score (nSPS) is 11.9. The third-order valence-corrected chi connectivity index (χ3v) is 3.28. The Labute approximate surface area is 118 Å². The van der Waals surface area contributed by atoms with Gasteiger partial charge in [0, 0.05) is 0 Å². The molecule has 0 fully saturated rings. The Balaban J connectivity index is 2.28. The fourth-order valence-electron chi connectivity index (χ4n) is 2.25. The number of esters is 1. The highest BCUT2D eigenvalue weighted by molar-refractivity contribution is 5.78. The average Bonchev–Trinajstić information content (AvgIpc) is 2.45. The molecule has 0 aliphatic carbocycles. The molecule has 0 N–H and O–H groups in total. The van der Waals surface area contributed by atoms with Crippen LogP contribution >= 0.6 is 0 Å². The first-order valence-electron chi connectivity index (χ1n) is 6.49. The van der Waals surface area contributed by atoms with Crippen LogP contribution in [0, 0.1) is 12.7 Å². The van der Waals surface area contributed by atoms with Crippen molar-refractivity contribution >= 4 is 5.97 Å². The van der Waals surface area contributed by atoms with Gasteiger partial charge in [0.1, 0.15) is 5.82 Å².